The fourth-order valence-electron chi connectivity index (χ4n) is 2.78. The molecule has 25 heavy (non-hydrogen) atoms. The number of hydrogen-bond donors (Lipinski definition) is 1. The van der Waals surface area contributed by atoms with Crippen LogP contribution < -0.4 is 5.32 Å². The van der Waals surface area contributed by atoms with E-state index in [2.05, 4.69) is 20.3 Å². The Morgan fingerprint density at radius 1 is 1.28 bits per heavy atom. The van der Waals surface area contributed by atoms with Crippen LogP contribution in [0.25, 0.3) is 10.6 Å². The number of amides is 2. The lowest BCUT2D eigenvalue weighted by atomic mass is 10.2. The maximum Gasteiger partial charge on any atom is 0.265 e. The van der Waals surface area contributed by atoms with Crippen LogP contribution in [0.4, 0.5) is 0 Å². The molecule has 0 unspecified atom stereocenters. The first-order valence-corrected chi connectivity index (χ1v) is 8.98. The molecule has 134 valence electrons. The summed E-state index contributed by atoms with van der Waals surface area (Å²) < 4.78 is 1.72. The SMILES string of the molecule is CNC(=O)CN1CCN(C(=O)c2sc(-c3cnn(C)c3)nc2C)CC1. The van der Waals surface area contributed by atoms with Gasteiger partial charge in [-0.05, 0) is 6.92 Å². The van der Waals surface area contributed by atoms with Crippen molar-refractivity contribution in [2.75, 3.05) is 39.8 Å². The van der Waals surface area contributed by atoms with Crippen molar-refractivity contribution >= 4 is 23.2 Å². The van der Waals surface area contributed by atoms with Gasteiger partial charge in [0.25, 0.3) is 5.91 Å². The molecule has 1 aliphatic heterocycles. The van der Waals surface area contributed by atoms with Gasteiger partial charge in [-0.25, -0.2) is 4.98 Å². The average molecular weight is 362 g/mol. The lowest BCUT2D eigenvalue weighted by molar-refractivity contribution is -0.122. The van der Waals surface area contributed by atoms with E-state index in [0.29, 0.717) is 37.6 Å². The highest BCUT2D eigenvalue weighted by molar-refractivity contribution is 7.17. The molecule has 2 aromatic rings. The van der Waals surface area contributed by atoms with E-state index in [4.69, 9.17) is 0 Å². The highest BCUT2D eigenvalue weighted by Gasteiger charge is 2.26. The molecule has 0 bridgehead atoms. The molecule has 0 saturated carbocycles. The summed E-state index contributed by atoms with van der Waals surface area (Å²) in [5.74, 6) is 0.0175. The number of hydrogen-bond acceptors (Lipinski definition) is 6. The summed E-state index contributed by atoms with van der Waals surface area (Å²) in [6.45, 7) is 4.89. The predicted octanol–water partition coefficient (Wildman–Crippen LogP) is 0.356. The lowest BCUT2D eigenvalue weighted by Gasteiger charge is -2.34. The van der Waals surface area contributed by atoms with Crippen LogP contribution in [0.5, 0.6) is 0 Å². The zero-order chi connectivity index (χ0) is 18.0. The van der Waals surface area contributed by atoms with Crippen LogP contribution in [0.1, 0.15) is 15.4 Å². The van der Waals surface area contributed by atoms with Gasteiger partial charge in [-0.3, -0.25) is 19.2 Å². The summed E-state index contributed by atoms with van der Waals surface area (Å²) in [6, 6.07) is 0. The second kappa shape index (κ2) is 7.32. The largest absolute Gasteiger partial charge is 0.358 e. The Morgan fingerprint density at radius 3 is 2.60 bits per heavy atom. The van der Waals surface area contributed by atoms with Crippen molar-refractivity contribution in [3.8, 4) is 10.6 Å². The third-order valence-electron chi connectivity index (χ3n) is 4.25. The van der Waals surface area contributed by atoms with Gasteiger partial charge < -0.3 is 10.2 Å². The van der Waals surface area contributed by atoms with Crippen LogP contribution in [0.3, 0.4) is 0 Å². The number of carbonyl (C=O) groups excluding carboxylic acids is 2. The number of piperazine rings is 1. The summed E-state index contributed by atoms with van der Waals surface area (Å²) in [6.07, 6.45) is 3.65. The predicted molar refractivity (Wildman–Crippen MR) is 95.5 cm³/mol. The number of aryl methyl sites for hydroxylation is 2. The molecule has 1 aliphatic rings. The first-order valence-electron chi connectivity index (χ1n) is 8.16. The maximum absolute atomic E-state index is 12.8. The third-order valence-corrected chi connectivity index (χ3v) is 5.44. The van der Waals surface area contributed by atoms with E-state index in [1.54, 1.807) is 17.9 Å². The third kappa shape index (κ3) is 3.88. The Bertz CT molecular complexity index is 775. The van der Waals surface area contributed by atoms with Gasteiger partial charge in [0, 0.05) is 52.0 Å². The van der Waals surface area contributed by atoms with Crippen molar-refractivity contribution in [3.05, 3.63) is 23.0 Å². The summed E-state index contributed by atoms with van der Waals surface area (Å²) in [5.41, 5.74) is 1.67. The number of nitrogens with one attached hydrogen (secondary N) is 1. The van der Waals surface area contributed by atoms with Gasteiger partial charge >= 0.3 is 0 Å². The Kier molecular flexibility index (Phi) is 5.14. The van der Waals surface area contributed by atoms with E-state index in [-0.39, 0.29) is 11.8 Å². The monoisotopic (exact) mass is 362 g/mol. The zero-order valence-electron chi connectivity index (χ0n) is 14.7. The van der Waals surface area contributed by atoms with E-state index in [0.717, 1.165) is 16.3 Å². The van der Waals surface area contributed by atoms with Crippen molar-refractivity contribution in [3.63, 3.8) is 0 Å². The van der Waals surface area contributed by atoms with E-state index >= 15 is 0 Å². The standard InChI is InChI=1S/C16H22N6O2S/c1-11-14(25-15(19-11)12-8-18-20(3)9-12)16(24)22-6-4-21(5-7-22)10-13(23)17-2/h8-9H,4-7,10H2,1-3H3,(H,17,23). The molecule has 1 saturated heterocycles. The number of aromatic nitrogens is 3. The molecular weight excluding hydrogens is 340 g/mol. The van der Waals surface area contributed by atoms with E-state index < -0.39 is 0 Å². The number of thiazole rings is 1. The molecule has 0 spiro atoms. The number of carbonyl (C=O) groups is 2. The zero-order valence-corrected chi connectivity index (χ0v) is 15.5. The first-order chi connectivity index (χ1) is 12.0. The number of nitrogens with zero attached hydrogens (tertiary/aromatic N) is 5. The summed E-state index contributed by atoms with van der Waals surface area (Å²) in [4.78, 5) is 33.4. The van der Waals surface area contributed by atoms with Crippen molar-refractivity contribution in [2.45, 2.75) is 6.92 Å². The van der Waals surface area contributed by atoms with Crippen LogP contribution in [0, 0.1) is 6.92 Å². The van der Waals surface area contributed by atoms with Crippen molar-refractivity contribution < 1.29 is 9.59 Å². The highest BCUT2D eigenvalue weighted by Crippen LogP contribution is 2.28. The smallest absolute Gasteiger partial charge is 0.265 e. The van der Waals surface area contributed by atoms with Crippen LogP contribution in [-0.2, 0) is 11.8 Å². The van der Waals surface area contributed by atoms with E-state index in [1.165, 1.54) is 11.3 Å². The minimum Gasteiger partial charge on any atom is -0.358 e. The minimum atomic E-state index is -0.000750. The minimum absolute atomic E-state index is 0.000750. The van der Waals surface area contributed by atoms with Gasteiger partial charge in [-0.2, -0.15) is 5.10 Å². The molecule has 0 atom stereocenters. The van der Waals surface area contributed by atoms with Crippen molar-refractivity contribution in [2.24, 2.45) is 7.05 Å². The molecule has 1 N–H and O–H groups in total. The molecule has 8 nitrogen and oxygen atoms in total. The molecular formula is C16H22N6O2S. The van der Waals surface area contributed by atoms with E-state index in [1.807, 2.05) is 25.1 Å². The average Bonchev–Trinajstić information content (AvgIpc) is 3.20. The van der Waals surface area contributed by atoms with Gasteiger partial charge in [0.15, 0.2) is 0 Å². The van der Waals surface area contributed by atoms with Gasteiger partial charge in [0.1, 0.15) is 9.88 Å². The number of likely N-dealkylation sites (N-methyl/N-ethyl adjacent to an activating group) is 1. The molecule has 2 amide bonds. The van der Waals surface area contributed by atoms with Crippen LogP contribution >= 0.6 is 11.3 Å². The van der Waals surface area contributed by atoms with Crippen LogP contribution in [0.15, 0.2) is 12.4 Å². The van der Waals surface area contributed by atoms with Crippen LogP contribution in [-0.4, -0.2) is 76.2 Å². The normalized spacial score (nSPS) is 15.4. The Morgan fingerprint density at radius 2 is 2.00 bits per heavy atom. The Hall–Kier alpha value is -2.26. The lowest BCUT2D eigenvalue weighted by Crippen LogP contribution is -2.50. The first kappa shape index (κ1) is 17.6. The second-order valence-electron chi connectivity index (χ2n) is 6.08. The molecule has 3 heterocycles. The topological polar surface area (TPSA) is 83.4 Å². The quantitative estimate of drug-likeness (QED) is 0.849. The van der Waals surface area contributed by atoms with E-state index in [9.17, 15) is 9.59 Å². The van der Waals surface area contributed by atoms with Gasteiger partial charge in [0.05, 0.1) is 18.4 Å². The molecule has 0 aromatic carbocycles. The Balaban J connectivity index is 1.66. The summed E-state index contributed by atoms with van der Waals surface area (Å²) >= 11 is 1.41. The molecule has 3 rings (SSSR count). The van der Waals surface area contributed by atoms with Gasteiger partial charge in [0.2, 0.25) is 5.91 Å². The molecule has 0 radical (unpaired) electrons. The Labute approximate surface area is 150 Å². The van der Waals surface area contributed by atoms with Gasteiger partial charge in [-0.1, -0.05) is 0 Å². The van der Waals surface area contributed by atoms with Crippen molar-refractivity contribution in [1.29, 1.82) is 0 Å². The van der Waals surface area contributed by atoms with Crippen molar-refractivity contribution in [1.82, 2.24) is 29.9 Å². The van der Waals surface area contributed by atoms with Crippen LogP contribution in [0.2, 0.25) is 0 Å². The maximum atomic E-state index is 12.8. The second-order valence-corrected chi connectivity index (χ2v) is 7.08. The highest BCUT2D eigenvalue weighted by atomic mass is 32.1. The molecule has 0 aliphatic carbocycles. The summed E-state index contributed by atoms with van der Waals surface area (Å²) in [5, 5.41) is 7.59. The summed E-state index contributed by atoms with van der Waals surface area (Å²) in [7, 11) is 3.49. The molecule has 9 heteroatoms. The fraction of sp³-hybridized carbons (Fsp3) is 0.500. The molecule has 1 fully saturated rings. The fourth-order valence-corrected chi connectivity index (χ4v) is 3.79. The number of rotatable bonds is 4. The van der Waals surface area contributed by atoms with Gasteiger partial charge in [-0.15, -0.1) is 11.3 Å². The molecule has 2 aromatic heterocycles.